The van der Waals surface area contributed by atoms with E-state index in [1.165, 1.54) is 17.5 Å². The minimum atomic E-state index is 0.900. The highest BCUT2D eigenvalue weighted by Crippen LogP contribution is 2.03. The monoisotopic (exact) mass is 229 g/mol. The smallest absolute Gasteiger partial charge is 0.0535 e. The first-order valence-electron chi connectivity index (χ1n) is 6.10. The van der Waals surface area contributed by atoms with E-state index in [9.17, 15) is 0 Å². The molecule has 0 saturated heterocycles. The lowest BCUT2D eigenvalue weighted by Gasteiger charge is -2.04. The molecule has 2 N–H and O–H groups in total. The third-order valence-corrected chi connectivity index (χ3v) is 2.91. The Morgan fingerprint density at radius 2 is 2.06 bits per heavy atom. The predicted molar refractivity (Wildman–Crippen MR) is 69.8 cm³/mol. The van der Waals surface area contributed by atoms with Gasteiger partial charge in [-0.3, -0.25) is 5.10 Å². The van der Waals surface area contributed by atoms with Crippen molar-refractivity contribution in [1.82, 2.24) is 15.5 Å². The molecule has 0 saturated carbocycles. The highest BCUT2D eigenvalue weighted by molar-refractivity contribution is 5.15. The zero-order valence-corrected chi connectivity index (χ0v) is 10.2. The molecule has 1 heterocycles. The van der Waals surface area contributed by atoms with Gasteiger partial charge in [-0.05, 0) is 31.9 Å². The Bertz CT molecular complexity index is 434. The molecule has 3 heteroatoms. The number of nitrogens with one attached hydrogen (secondary N) is 2. The van der Waals surface area contributed by atoms with Crippen molar-refractivity contribution in [1.29, 1.82) is 0 Å². The SMILES string of the molecule is Cc1[nH]ncc1CNCCCc1ccccc1. The molecule has 0 aliphatic rings. The third-order valence-electron chi connectivity index (χ3n) is 2.91. The van der Waals surface area contributed by atoms with Gasteiger partial charge in [0, 0.05) is 17.8 Å². The molecule has 0 atom stereocenters. The summed E-state index contributed by atoms with van der Waals surface area (Å²) in [5, 5.41) is 10.4. The maximum absolute atomic E-state index is 4.00. The molecule has 0 fully saturated rings. The minimum absolute atomic E-state index is 0.900. The van der Waals surface area contributed by atoms with Crippen LogP contribution in [0.15, 0.2) is 36.5 Å². The number of hydrogen-bond donors (Lipinski definition) is 2. The van der Waals surface area contributed by atoms with Crippen LogP contribution in [0.2, 0.25) is 0 Å². The van der Waals surface area contributed by atoms with Crippen molar-refractivity contribution >= 4 is 0 Å². The van der Waals surface area contributed by atoms with Crippen LogP contribution in [-0.2, 0) is 13.0 Å². The molecule has 1 aromatic carbocycles. The van der Waals surface area contributed by atoms with Gasteiger partial charge >= 0.3 is 0 Å². The van der Waals surface area contributed by atoms with Gasteiger partial charge < -0.3 is 5.32 Å². The summed E-state index contributed by atoms with van der Waals surface area (Å²) in [6, 6.07) is 10.6. The summed E-state index contributed by atoms with van der Waals surface area (Å²) in [5.74, 6) is 0. The molecule has 90 valence electrons. The van der Waals surface area contributed by atoms with Crippen molar-refractivity contribution in [3.05, 3.63) is 53.3 Å². The zero-order chi connectivity index (χ0) is 11.9. The average Bonchev–Trinajstić information content (AvgIpc) is 2.76. The number of aryl methyl sites for hydroxylation is 2. The molecule has 0 aliphatic carbocycles. The average molecular weight is 229 g/mol. The molecule has 3 nitrogen and oxygen atoms in total. The van der Waals surface area contributed by atoms with Crippen LogP contribution in [0.5, 0.6) is 0 Å². The third kappa shape index (κ3) is 3.71. The standard InChI is InChI=1S/C14H19N3/c1-12-14(11-16-17-12)10-15-9-5-8-13-6-3-2-4-7-13/h2-4,6-7,11,15H,5,8-10H2,1H3,(H,16,17). The minimum Gasteiger partial charge on any atom is -0.313 e. The van der Waals surface area contributed by atoms with Crippen molar-refractivity contribution in [3.63, 3.8) is 0 Å². The van der Waals surface area contributed by atoms with Crippen LogP contribution in [0.3, 0.4) is 0 Å². The van der Waals surface area contributed by atoms with Crippen molar-refractivity contribution in [2.45, 2.75) is 26.3 Å². The largest absolute Gasteiger partial charge is 0.313 e. The quantitative estimate of drug-likeness (QED) is 0.747. The van der Waals surface area contributed by atoms with Crippen LogP contribution in [0.1, 0.15) is 23.2 Å². The Morgan fingerprint density at radius 3 is 2.76 bits per heavy atom. The Hall–Kier alpha value is -1.61. The molecule has 0 unspecified atom stereocenters. The molecular formula is C14H19N3. The number of rotatable bonds is 6. The van der Waals surface area contributed by atoms with E-state index in [-0.39, 0.29) is 0 Å². The highest BCUT2D eigenvalue weighted by Gasteiger charge is 1.98. The van der Waals surface area contributed by atoms with Crippen LogP contribution in [0.4, 0.5) is 0 Å². The van der Waals surface area contributed by atoms with E-state index >= 15 is 0 Å². The molecule has 2 aromatic rings. The molecule has 0 radical (unpaired) electrons. The molecule has 0 bridgehead atoms. The first-order valence-corrected chi connectivity index (χ1v) is 6.10. The van der Waals surface area contributed by atoms with E-state index < -0.39 is 0 Å². The number of H-pyrrole nitrogens is 1. The van der Waals surface area contributed by atoms with Gasteiger partial charge in [0.15, 0.2) is 0 Å². The van der Waals surface area contributed by atoms with E-state index in [0.717, 1.165) is 25.2 Å². The van der Waals surface area contributed by atoms with Crippen molar-refractivity contribution in [3.8, 4) is 0 Å². The lowest BCUT2D eigenvalue weighted by Crippen LogP contribution is -2.15. The Labute approximate surface area is 102 Å². The fourth-order valence-electron chi connectivity index (χ4n) is 1.84. The topological polar surface area (TPSA) is 40.7 Å². The Kier molecular flexibility index (Phi) is 4.33. The van der Waals surface area contributed by atoms with Crippen molar-refractivity contribution < 1.29 is 0 Å². The summed E-state index contributed by atoms with van der Waals surface area (Å²) < 4.78 is 0. The normalized spacial score (nSPS) is 10.6. The first kappa shape index (κ1) is 11.9. The lowest BCUT2D eigenvalue weighted by atomic mass is 10.1. The number of hydrogen-bond acceptors (Lipinski definition) is 2. The summed E-state index contributed by atoms with van der Waals surface area (Å²) in [6.45, 7) is 3.99. The van der Waals surface area contributed by atoms with E-state index in [0.29, 0.717) is 0 Å². The van der Waals surface area contributed by atoms with Gasteiger partial charge in [-0.25, -0.2) is 0 Å². The molecule has 0 aliphatic heterocycles. The molecular weight excluding hydrogens is 210 g/mol. The lowest BCUT2D eigenvalue weighted by molar-refractivity contribution is 0.648. The summed E-state index contributed by atoms with van der Waals surface area (Å²) in [4.78, 5) is 0. The van der Waals surface area contributed by atoms with Gasteiger partial charge in [-0.1, -0.05) is 30.3 Å². The maximum atomic E-state index is 4.00. The van der Waals surface area contributed by atoms with Gasteiger partial charge in [0.05, 0.1) is 6.20 Å². The van der Waals surface area contributed by atoms with Crippen LogP contribution < -0.4 is 5.32 Å². The highest BCUT2D eigenvalue weighted by atomic mass is 15.1. The van der Waals surface area contributed by atoms with Crippen LogP contribution >= 0.6 is 0 Å². The summed E-state index contributed by atoms with van der Waals surface area (Å²) in [6.07, 6.45) is 4.19. The van der Waals surface area contributed by atoms with E-state index in [2.05, 4.69) is 45.8 Å². The van der Waals surface area contributed by atoms with E-state index in [1.807, 2.05) is 13.1 Å². The zero-order valence-electron chi connectivity index (χ0n) is 10.2. The van der Waals surface area contributed by atoms with Gasteiger partial charge in [0.2, 0.25) is 0 Å². The second-order valence-electron chi connectivity index (χ2n) is 4.29. The maximum Gasteiger partial charge on any atom is 0.0535 e. The molecule has 17 heavy (non-hydrogen) atoms. The predicted octanol–water partition coefficient (Wildman–Crippen LogP) is 2.44. The Balaban J connectivity index is 1.63. The summed E-state index contributed by atoms with van der Waals surface area (Å²) in [7, 11) is 0. The number of aromatic amines is 1. The number of benzene rings is 1. The first-order chi connectivity index (χ1) is 8.36. The van der Waals surface area contributed by atoms with Crippen molar-refractivity contribution in [2.75, 3.05) is 6.54 Å². The molecule has 0 spiro atoms. The van der Waals surface area contributed by atoms with Crippen LogP contribution in [0.25, 0.3) is 0 Å². The van der Waals surface area contributed by atoms with E-state index in [4.69, 9.17) is 0 Å². The molecule has 1 aromatic heterocycles. The van der Waals surface area contributed by atoms with Crippen LogP contribution in [-0.4, -0.2) is 16.7 Å². The second-order valence-corrected chi connectivity index (χ2v) is 4.29. The van der Waals surface area contributed by atoms with Gasteiger partial charge in [0.1, 0.15) is 0 Å². The summed E-state index contributed by atoms with van der Waals surface area (Å²) >= 11 is 0. The van der Waals surface area contributed by atoms with E-state index in [1.54, 1.807) is 0 Å². The molecule has 0 amide bonds. The van der Waals surface area contributed by atoms with Crippen molar-refractivity contribution in [2.24, 2.45) is 0 Å². The fraction of sp³-hybridized carbons (Fsp3) is 0.357. The van der Waals surface area contributed by atoms with Gasteiger partial charge in [-0.15, -0.1) is 0 Å². The van der Waals surface area contributed by atoms with Crippen LogP contribution in [0, 0.1) is 6.92 Å². The second kappa shape index (κ2) is 6.21. The van der Waals surface area contributed by atoms with Gasteiger partial charge in [0.25, 0.3) is 0 Å². The number of aromatic nitrogens is 2. The Morgan fingerprint density at radius 1 is 1.24 bits per heavy atom. The van der Waals surface area contributed by atoms with Gasteiger partial charge in [-0.2, -0.15) is 5.10 Å². The molecule has 2 rings (SSSR count). The number of nitrogens with zero attached hydrogens (tertiary/aromatic N) is 1. The fourth-order valence-corrected chi connectivity index (χ4v) is 1.84. The summed E-state index contributed by atoms with van der Waals surface area (Å²) in [5.41, 5.74) is 3.82.